The van der Waals surface area contributed by atoms with Gasteiger partial charge in [0.2, 0.25) is 5.91 Å². The lowest BCUT2D eigenvalue weighted by Gasteiger charge is -2.52. The Morgan fingerprint density at radius 2 is 2.04 bits per heavy atom. The van der Waals surface area contributed by atoms with Crippen LogP contribution < -0.4 is 5.32 Å². The standard InChI is InChI=1S/C23H30N2O3/c1-15(2)16-4-3-5-17(8-16)18-6-7-22(9-18)12-25(13-22)20(26)19-10-23(11-19)14-28-21(27)24-23/h3-5,8,15,18-19H,6-7,9-14H2,1-2H3,(H,24,27)/t18?,19-,23+. The van der Waals surface area contributed by atoms with Crippen LogP contribution in [0.1, 0.15) is 68.9 Å². The number of nitrogens with zero attached hydrogens (tertiary/aromatic N) is 1. The highest BCUT2D eigenvalue weighted by Crippen LogP contribution is 2.53. The molecule has 5 nitrogen and oxygen atoms in total. The Kier molecular flexibility index (Phi) is 4.01. The summed E-state index contributed by atoms with van der Waals surface area (Å²) in [6.45, 7) is 6.74. The smallest absolute Gasteiger partial charge is 0.407 e. The molecule has 2 saturated heterocycles. The molecule has 1 atom stereocenters. The number of cyclic esters (lactones) is 1. The second kappa shape index (κ2) is 6.23. The van der Waals surface area contributed by atoms with Gasteiger partial charge in [-0.05, 0) is 55.1 Å². The maximum Gasteiger partial charge on any atom is 0.407 e. The van der Waals surface area contributed by atoms with Crippen LogP contribution in [0.25, 0.3) is 0 Å². The number of alkyl carbamates (subject to hydrolysis) is 1. The predicted molar refractivity (Wildman–Crippen MR) is 106 cm³/mol. The first-order valence-corrected chi connectivity index (χ1v) is 10.7. The minimum Gasteiger partial charge on any atom is -0.447 e. The van der Waals surface area contributed by atoms with Crippen LogP contribution in [0.4, 0.5) is 4.79 Å². The van der Waals surface area contributed by atoms with E-state index in [0.29, 0.717) is 23.9 Å². The van der Waals surface area contributed by atoms with Gasteiger partial charge in [-0.3, -0.25) is 4.79 Å². The third-order valence-electron chi connectivity index (χ3n) is 7.59. The molecule has 0 bridgehead atoms. The van der Waals surface area contributed by atoms with Crippen molar-refractivity contribution in [2.45, 2.75) is 63.3 Å². The molecule has 1 N–H and O–H groups in total. The number of nitrogens with one attached hydrogen (secondary N) is 1. The molecule has 2 saturated carbocycles. The van der Waals surface area contributed by atoms with E-state index in [1.165, 1.54) is 30.4 Å². The van der Waals surface area contributed by atoms with Gasteiger partial charge in [-0.2, -0.15) is 0 Å². The fraction of sp³-hybridized carbons (Fsp3) is 0.652. The summed E-state index contributed by atoms with van der Waals surface area (Å²) in [5.41, 5.74) is 2.97. The molecule has 4 aliphatic rings. The van der Waals surface area contributed by atoms with Gasteiger partial charge in [-0.15, -0.1) is 0 Å². The number of ether oxygens (including phenoxy) is 1. The summed E-state index contributed by atoms with van der Waals surface area (Å²) in [5, 5.41) is 2.88. The van der Waals surface area contributed by atoms with E-state index in [4.69, 9.17) is 4.74 Å². The molecule has 1 unspecified atom stereocenters. The Bertz CT molecular complexity index is 806. The Balaban J connectivity index is 1.16. The molecular weight excluding hydrogens is 352 g/mol. The van der Waals surface area contributed by atoms with Crippen molar-refractivity contribution in [3.05, 3.63) is 35.4 Å². The SMILES string of the molecule is CC(C)c1cccc(C2CCC3(C2)CN(C(=O)[C@H]2C[C@]4(COC(=O)N4)C2)C3)c1. The molecule has 0 aromatic heterocycles. The van der Waals surface area contributed by atoms with E-state index in [9.17, 15) is 9.59 Å². The van der Waals surface area contributed by atoms with Gasteiger partial charge < -0.3 is 15.0 Å². The van der Waals surface area contributed by atoms with E-state index in [0.717, 1.165) is 25.9 Å². The number of carbonyl (C=O) groups is 2. The first-order valence-electron chi connectivity index (χ1n) is 10.7. The molecule has 2 amide bonds. The first kappa shape index (κ1) is 18.0. The summed E-state index contributed by atoms with van der Waals surface area (Å²) in [7, 11) is 0. The summed E-state index contributed by atoms with van der Waals surface area (Å²) in [5.74, 6) is 1.53. The van der Waals surface area contributed by atoms with Gasteiger partial charge in [0, 0.05) is 24.4 Å². The van der Waals surface area contributed by atoms with E-state index in [1.807, 2.05) is 0 Å². The van der Waals surface area contributed by atoms with Gasteiger partial charge in [-0.25, -0.2) is 4.79 Å². The molecule has 2 aliphatic carbocycles. The lowest BCUT2D eigenvalue weighted by molar-refractivity contribution is -0.153. The molecule has 150 valence electrons. The van der Waals surface area contributed by atoms with Crippen molar-refractivity contribution < 1.29 is 14.3 Å². The van der Waals surface area contributed by atoms with Crippen molar-refractivity contribution in [2.75, 3.05) is 19.7 Å². The average Bonchev–Trinajstić information content (AvgIpc) is 3.23. The quantitative estimate of drug-likeness (QED) is 0.865. The Morgan fingerprint density at radius 3 is 2.71 bits per heavy atom. The van der Waals surface area contributed by atoms with Crippen LogP contribution >= 0.6 is 0 Å². The molecule has 2 heterocycles. The van der Waals surface area contributed by atoms with Gasteiger partial charge >= 0.3 is 6.09 Å². The highest BCUT2D eigenvalue weighted by molar-refractivity contribution is 5.82. The maximum atomic E-state index is 12.8. The topological polar surface area (TPSA) is 58.6 Å². The zero-order valence-corrected chi connectivity index (χ0v) is 16.9. The average molecular weight is 383 g/mol. The van der Waals surface area contributed by atoms with Crippen LogP contribution in [0.3, 0.4) is 0 Å². The number of rotatable bonds is 3. The summed E-state index contributed by atoms with van der Waals surface area (Å²) in [4.78, 5) is 26.1. The zero-order valence-electron chi connectivity index (χ0n) is 16.9. The largest absolute Gasteiger partial charge is 0.447 e. The minimum atomic E-state index is -0.340. The lowest BCUT2D eigenvalue weighted by Crippen LogP contribution is -2.63. The molecular formula is C23H30N2O3. The summed E-state index contributed by atoms with van der Waals surface area (Å²) in [6.07, 6.45) is 4.78. The Labute approximate surface area is 166 Å². The molecule has 28 heavy (non-hydrogen) atoms. The Morgan fingerprint density at radius 1 is 1.25 bits per heavy atom. The van der Waals surface area contributed by atoms with Gasteiger partial charge in [0.1, 0.15) is 6.61 Å². The van der Waals surface area contributed by atoms with Gasteiger partial charge in [0.05, 0.1) is 5.54 Å². The number of benzene rings is 1. The molecule has 2 spiro atoms. The van der Waals surface area contributed by atoms with Crippen LogP contribution in [-0.4, -0.2) is 42.1 Å². The van der Waals surface area contributed by atoms with Crippen LogP contribution in [0.15, 0.2) is 24.3 Å². The van der Waals surface area contributed by atoms with Crippen molar-refractivity contribution in [1.29, 1.82) is 0 Å². The van der Waals surface area contributed by atoms with E-state index in [1.54, 1.807) is 0 Å². The molecule has 1 aromatic carbocycles. The highest BCUT2D eigenvalue weighted by atomic mass is 16.6. The lowest BCUT2D eigenvalue weighted by atomic mass is 9.67. The molecule has 2 aliphatic heterocycles. The van der Waals surface area contributed by atoms with Crippen molar-refractivity contribution in [3.8, 4) is 0 Å². The Hall–Kier alpha value is -2.04. The number of hydrogen-bond donors (Lipinski definition) is 1. The van der Waals surface area contributed by atoms with E-state index >= 15 is 0 Å². The summed E-state index contributed by atoms with van der Waals surface area (Å²) < 4.78 is 5.02. The van der Waals surface area contributed by atoms with Gasteiger partial charge in [0.25, 0.3) is 0 Å². The summed E-state index contributed by atoms with van der Waals surface area (Å²) in [6, 6.07) is 9.10. The number of carbonyl (C=O) groups excluding carboxylic acids is 2. The van der Waals surface area contributed by atoms with E-state index < -0.39 is 0 Å². The molecule has 5 heteroatoms. The number of hydrogen-bond acceptors (Lipinski definition) is 3. The highest BCUT2D eigenvalue weighted by Gasteiger charge is 2.56. The molecule has 1 aromatic rings. The zero-order chi connectivity index (χ0) is 19.5. The van der Waals surface area contributed by atoms with Crippen LogP contribution in [0.5, 0.6) is 0 Å². The fourth-order valence-corrected chi connectivity index (χ4v) is 5.90. The fourth-order valence-electron chi connectivity index (χ4n) is 5.90. The monoisotopic (exact) mass is 382 g/mol. The maximum absolute atomic E-state index is 12.8. The second-order valence-corrected chi connectivity index (χ2v) is 10.0. The normalized spacial score (nSPS) is 33.0. The molecule has 4 fully saturated rings. The van der Waals surface area contributed by atoms with Gasteiger partial charge in [0.15, 0.2) is 0 Å². The first-order chi connectivity index (χ1) is 13.4. The van der Waals surface area contributed by atoms with Crippen molar-refractivity contribution >= 4 is 12.0 Å². The molecule has 0 radical (unpaired) electrons. The minimum absolute atomic E-state index is 0.0549. The van der Waals surface area contributed by atoms with Crippen molar-refractivity contribution in [3.63, 3.8) is 0 Å². The molecule has 5 rings (SSSR count). The second-order valence-electron chi connectivity index (χ2n) is 10.0. The van der Waals surface area contributed by atoms with Crippen molar-refractivity contribution in [1.82, 2.24) is 10.2 Å². The van der Waals surface area contributed by atoms with Crippen LogP contribution in [-0.2, 0) is 9.53 Å². The van der Waals surface area contributed by atoms with Crippen molar-refractivity contribution in [2.24, 2.45) is 11.3 Å². The van der Waals surface area contributed by atoms with Gasteiger partial charge in [-0.1, -0.05) is 38.1 Å². The third kappa shape index (κ3) is 2.90. The van der Waals surface area contributed by atoms with Crippen LogP contribution in [0.2, 0.25) is 0 Å². The predicted octanol–water partition coefficient (Wildman–Crippen LogP) is 3.79. The number of amides is 2. The van der Waals surface area contributed by atoms with E-state index in [2.05, 4.69) is 48.3 Å². The summed E-state index contributed by atoms with van der Waals surface area (Å²) >= 11 is 0. The third-order valence-corrected chi connectivity index (χ3v) is 7.59. The van der Waals surface area contributed by atoms with E-state index in [-0.39, 0.29) is 23.5 Å². The number of likely N-dealkylation sites (tertiary alicyclic amines) is 1. The van der Waals surface area contributed by atoms with Crippen LogP contribution in [0, 0.1) is 11.3 Å².